The molecule has 4 aliphatic rings. The molecule has 4 heterocycles. The van der Waals surface area contributed by atoms with Crippen LogP contribution in [-0.4, -0.2) is 46.0 Å². The largest absolute Gasteiger partial charge is 0.495 e. The number of aromatic nitrogens is 2. The minimum absolute atomic E-state index is 0.296. The molecule has 8 heteroatoms. The standard InChI is InChI=1S/C22H22N6O2/c23-21(29)19(12-1-2-12)26-18-11-30-10-14-5-6-28-20(14)16(18)9-24-22(28)13-3-4-17-15(7-13)8-25-27-17/h3-4,7-9,11-12,19,26H,1-2,5-6,10H2,(H2,23,29)(H,25,27). The lowest BCUT2D eigenvalue weighted by Gasteiger charge is -2.30. The first-order valence-corrected chi connectivity index (χ1v) is 10.3. The lowest BCUT2D eigenvalue weighted by molar-refractivity contribution is -0.120. The first-order chi connectivity index (χ1) is 14.7. The maximum atomic E-state index is 12.0. The zero-order valence-electron chi connectivity index (χ0n) is 16.4. The van der Waals surface area contributed by atoms with Gasteiger partial charge in [0.15, 0.2) is 0 Å². The number of hydrogen-bond donors (Lipinski definition) is 3. The molecule has 2 aromatic rings. The van der Waals surface area contributed by atoms with E-state index >= 15 is 0 Å². The highest BCUT2D eigenvalue weighted by atomic mass is 16.5. The summed E-state index contributed by atoms with van der Waals surface area (Å²) < 4.78 is 5.83. The van der Waals surface area contributed by atoms with Gasteiger partial charge in [0.2, 0.25) is 5.91 Å². The normalized spacial score (nSPS) is 21.3. The number of nitrogens with two attached hydrogens (primary N) is 1. The summed E-state index contributed by atoms with van der Waals surface area (Å²) in [6, 6.07) is 5.82. The van der Waals surface area contributed by atoms with Gasteiger partial charge in [-0.05, 0) is 49.0 Å². The molecule has 1 atom stereocenters. The van der Waals surface area contributed by atoms with E-state index in [1.165, 1.54) is 5.57 Å². The molecule has 6 rings (SSSR count). The number of fused-ring (bicyclic) bond motifs is 1. The molecule has 0 bridgehead atoms. The third-order valence-corrected chi connectivity index (χ3v) is 6.23. The zero-order valence-corrected chi connectivity index (χ0v) is 16.4. The van der Waals surface area contributed by atoms with E-state index < -0.39 is 0 Å². The number of aromatic amines is 1. The number of aliphatic imine (C=N–C) groups is 1. The molecular weight excluding hydrogens is 380 g/mol. The van der Waals surface area contributed by atoms with E-state index in [1.54, 1.807) is 6.26 Å². The van der Waals surface area contributed by atoms with Crippen LogP contribution < -0.4 is 11.1 Å². The van der Waals surface area contributed by atoms with Crippen molar-refractivity contribution in [2.24, 2.45) is 16.6 Å². The van der Waals surface area contributed by atoms with Crippen molar-refractivity contribution in [2.45, 2.75) is 25.3 Å². The summed E-state index contributed by atoms with van der Waals surface area (Å²) in [5, 5.41) is 11.5. The number of benzene rings is 1. The number of carbonyl (C=O) groups excluding carboxylic acids is 1. The molecule has 1 amide bonds. The van der Waals surface area contributed by atoms with Gasteiger partial charge in [-0.3, -0.25) is 9.89 Å². The molecule has 1 aromatic heterocycles. The van der Waals surface area contributed by atoms with Crippen molar-refractivity contribution >= 4 is 22.6 Å². The summed E-state index contributed by atoms with van der Waals surface area (Å²) >= 11 is 0. The van der Waals surface area contributed by atoms with E-state index in [1.807, 2.05) is 18.5 Å². The number of nitrogens with one attached hydrogen (secondary N) is 2. The van der Waals surface area contributed by atoms with Gasteiger partial charge in [-0.2, -0.15) is 5.10 Å². The highest BCUT2D eigenvalue weighted by Crippen LogP contribution is 2.39. The molecule has 1 saturated carbocycles. The second-order valence-electron chi connectivity index (χ2n) is 8.23. The molecule has 3 aliphatic heterocycles. The van der Waals surface area contributed by atoms with Crippen molar-refractivity contribution in [1.29, 1.82) is 0 Å². The van der Waals surface area contributed by atoms with E-state index in [2.05, 4.69) is 32.5 Å². The van der Waals surface area contributed by atoms with Gasteiger partial charge in [-0.1, -0.05) is 0 Å². The van der Waals surface area contributed by atoms with Crippen LogP contribution in [0, 0.1) is 5.92 Å². The number of nitrogens with zero attached hydrogens (tertiary/aromatic N) is 3. The molecular formula is C22H22N6O2. The van der Waals surface area contributed by atoms with Crippen molar-refractivity contribution in [3.63, 3.8) is 0 Å². The molecule has 1 aliphatic carbocycles. The molecule has 8 nitrogen and oxygen atoms in total. The van der Waals surface area contributed by atoms with Crippen LogP contribution in [0.2, 0.25) is 0 Å². The van der Waals surface area contributed by atoms with Gasteiger partial charge in [0.1, 0.15) is 24.7 Å². The molecule has 0 saturated heterocycles. The summed E-state index contributed by atoms with van der Waals surface area (Å²) in [6.45, 7) is 1.38. The van der Waals surface area contributed by atoms with Crippen LogP contribution in [0.25, 0.3) is 10.9 Å². The molecule has 152 valence electrons. The number of primary amides is 1. The third kappa shape index (κ3) is 2.71. The minimum Gasteiger partial charge on any atom is -0.495 e. The first-order valence-electron chi connectivity index (χ1n) is 10.3. The van der Waals surface area contributed by atoms with Gasteiger partial charge >= 0.3 is 0 Å². The van der Waals surface area contributed by atoms with Crippen LogP contribution in [0.3, 0.4) is 0 Å². The van der Waals surface area contributed by atoms with Crippen LogP contribution in [0.15, 0.2) is 64.4 Å². The average Bonchev–Trinajstić information content (AvgIpc) is 3.36. The SMILES string of the molecule is NC(=O)C(NC1=COCC2=C3C1=CN=C(c1ccc4[nH]ncc4c1)N3CC2)C1CC1. The van der Waals surface area contributed by atoms with Crippen LogP contribution in [-0.2, 0) is 9.53 Å². The lowest BCUT2D eigenvalue weighted by atomic mass is 10.0. The number of carbonyl (C=O) groups is 1. The van der Waals surface area contributed by atoms with E-state index in [-0.39, 0.29) is 11.9 Å². The Kier molecular flexibility index (Phi) is 3.74. The number of ether oxygens (including phenoxy) is 1. The Hall–Kier alpha value is -3.55. The predicted octanol–water partition coefficient (Wildman–Crippen LogP) is 1.89. The third-order valence-electron chi connectivity index (χ3n) is 6.23. The summed E-state index contributed by atoms with van der Waals surface area (Å²) in [4.78, 5) is 19.1. The van der Waals surface area contributed by atoms with Crippen molar-refractivity contribution < 1.29 is 9.53 Å². The van der Waals surface area contributed by atoms with Crippen molar-refractivity contribution in [3.8, 4) is 0 Å². The van der Waals surface area contributed by atoms with Crippen molar-refractivity contribution in [1.82, 2.24) is 20.4 Å². The van der Waals surface area contributed by atoms with Gasteiger partial charge in [-0.15, -0.1) is 0 Å². The highest BCUT2D eigenvalue weighted by molar-refractivity contribution is 6.04. The fraction of sp³-hybridized carbons (Fsp3) is 0.318. The fourth-order valence-electron chi connectivity index (χ4n) is 4.54. The highest BCUT2D eigenvalue weighted by Gasteiger charge is 2.39. The average molecular weight is 402 g/mol. The number of hydrogen-bond acceptors (Lipinski definition) is 6. The zero-order chi connectivity index (χ0) is 20.2. The van der Waals surface area contributed by atoms with E-state index in [9.17, 15) is 4.79 Å². The Bertz CT molecular complexity index is 1180. The van der Waals surface area contributed by atoms with E-state index in [0.29, 0.717) is 12.5 Å². The molecule has 0 radical (unpaired) electrons. The molecule has 1 fully saturated rings. The second kappa shape index (κ2) is 6.48. The van der Waals surface area contributed by atoms with Crippen molar-refractivity contribution in [3.05, 3.63) is 65.0 Å². The Morgan fingerprint density at radius 2 is 2.27 bits per heavy atom. The number of amidine groups is 1. The predicted molar refractivity (Wildman–Crippen MR) is 112 cm³/mol. The van der Waals surface area contributed by atoms with Crippen LogP contribution in [0.4, 0.5) is 0 Å². The molecule has 30 heavy (non-hydrogen) atoms. The maximum Gasteiger partial charge on any atom is 0.240 e. The Morgan fingerprint density at radius 1 is 1.37 bits per heavy atom. The van der Waals surface area contributed by atoms with Gasteiger partial charge in [0.25, 0.3) is 0 Å². The van der Waals surface area contributed by atoms with Crippen LogP contribution >= 0.6 is 0 Å². The fourth-order valence-corrected chi connectivity index (χ4v) is 4.54. The van der Waals surface area contributed by atoms with Gasteiger partial charge < -0.3 is 20.7 Å². The van der Waals surface area contributed by atoms with E-state index in [4.69, 9.17) is 15.5 Å². The maximum absolute atomic E-state index is 12.0. The smallest absolute Gasteiger partial charge is 0.240 e. The minimum atomic E-state index is -0.383. The molecule has 1 unspecified atom stereocenters. The van der Waals surface area contributed by atoms with Gasteiger partial charge in [0, 0.05) is 29.3 Å². The first kappa shape index (κ1) is 17.3. The second-order valence-corrected chi connectivity index (χ2v) is 8.23. The summed E-state index contributed by atoms with van der Waals surface area (Å²) in [5.74, 6) is 0.889. The Labute approximate surface area is 173 Å². The summed E-state index contributed by atoms with van der Waals surface area (Å²) in [6.07, 6.45) is 8.37. The summed E-state index contributed by atoms with van der Waals surface area (Å²) in [5.41, 5.74) is 11.8. The topological polar surface area (TPSA) is 109 Å². The van der Waals surface area contributed by atoms with Gasteiger partial charge in [0.05, 0.1) is 23.1 Å². The van der Waals surface area contributed by atoms with E-state index in [0.717, 1.165) is 65.1 Å². The van der Waals surface area contributed by atoms with Gasteiger partial charge in [-0.25, -0.2) is 4.99 Å². The monoisotopic (exact) mass is 402 g/mol. The molecule has 0 spiro atoms. The van der Waals surface area contributed by atoms with Crippen LogP contribution in [0.5, 0.6) is 0 Å². The Morgan fingerprint density at radius 3 is 3.10 bits per heavy atom. The Balaban J connectivity index is 1.40. The lowest BCUT2D eigenvalue weighted by Crippen LogP contribution is -2.43. The number of H-pyrrole nitrogens is 1. The quantitative estimate of drug-likeness (QED) is 0.708. The number of amides is 1. The van der Waals surface area contributed by atoms with Crippen molar-refractivity contribution in [2.75, 3.05) is 13.2 Å². The summed E-state index contributed by atoms with van der Waals surface area (Å²) in [7, 11) is 0. The molecule has 4 N–H and O–H groups in total. The molecule has 1 aromatic carbocycles. The number of rotatable bonds is 5. The van der Waals surface area contributed by atoms with Crippen LogP contribution in [0.1, 0.15) is 24.8 Å².